The van der Waals surface area contributed by atoms with Crippen LogP contribution in [0, 0.1) is 0 Å². The standard InChI is InChI=1S/C36H21N3S/c1-4-13-30-25(10-1)27-17-18-28-26-11-3-6-15-33(26)40-36(28)34(27)35(37-30)23-9-7-8-22(20-23)24-16-19-32-29-12-2-5-14-31(29)38-39(32)21-24/h1-21H. The van der Waals surface area contributed by atoms with Crippen molar-refractivity contribution in [1.82, 2.24) is 14.6 Å². The molecule has 4 aromatic heterocycles. The Kier molecular flexibility index (Phi) is 4.48. The average molecular weight is 528 g/mol. The van der Waals surface area contributed by atoms with Gasteiger partial charge in [-0.25, -0.2) is 9.50 Å². The first kappa shape index (κ1) is 21.8. The number of nitrogens with zero attached hydrogens (tertiary/aromatic N) is 3. The Morgan fingerprint density at radius 2 is 1.27 bits per heavy atom. The first-order valence-corrected chi connectivity index (χ1v) is 14.2. The fourth-order valence-corrected chi connectivity index (χ4v) is 7.38. The molecule has 3 nitrogen and oxygen atoms in total. The molecule has 186 valence electrons. The molecular weight excluding hydrogens is 506 g/mol. The van der Waals surface area contributed by atoms with E-state index in [0.29, 0.717) is 0 Å². The third-order valence-corrected chi connectivity index (χ3v) is 9.21. The van der Waals surface area contributed by atoms with Gasteiger partial charge >= 0.3 is 0 Å². The van der Waals surface area contributed by atoms with Crippen molar-refractivity contribution in [3.8, 4) is 22.4 Å². The van der Waals surface area contributed by atoms with E-state index >= 15 is 0 Å². The molecule has 4 heteroatoms. The summed E-state index contributed by atoms with van der Waals surface area (Å²) in [7, 11) is 0. The van der Waals surface area contributed by atoms with Gasteiger partial charge in [0.15, 0.2) is 0 Å². The molecule has 0 aliphatic carbocycles. The average Bonchev–Trinajstić information content (AvgIpc) is 3.58. The van der Waals surface area contributed by atoms with Crippen LogP contribution in [0.3, 0.4) is 0 Å². The van der Waals surface area contributed by atoms with Crippen LogP contribution >= 0.6 is 11.3 Å². The topological polar surface area (TPSA) is 30.2 Å². The lowest BCUT2D eigenvalue weighted by Gasteiger charge is -2.12. The minimum atomic E-state index is 1.01. The Hall–Kier alpha value is -5.06. The van der Waals surface area contributed by atoms with Crippen molar-refractivity contribution < 1.29 is 0 Å². The van der Waals surface area contributed by atoms with Crippen LogP contribution in [0.2, 0.25) is 0 Å². The lowest BCUT2D eigenvalue weighted by Crippen LogP contribution is -1.92. The summed E-state index contributed by atoms with van der Waals surface area (Å²) in [5, 5.41) is 12.2. The van der Waals surface area contributed by atoms with E-state index in [1.807, 2.05) is 21.9 Å². The lowest BCUT2D eigenvalue weighted by atomic mass is 9.96. The lowest BCUT2D eigenvalue weighted by molar-refractivity contribution is 0.983. The van der Waals surface area contributed by atoms with Crippen LogP contribution in [0.15, 0.2) is 128 Å². The molecule has 9 rings (SSSR count). The monoisotopic (exact) mass is 527 g/mol. The molecule has 0 saturated heterocycles. The van der Waals surface area contributed by atoms with Crippen molar-refractivity contribution in [3.63, 3.8) is 0 Å². The van der Waals surface area contributed by atoms with Crippen molar-refractivity contribution >= 4 is 69.6 Å². The molecular formula is C36H21N3S. The van der Waals surface area contributed by atoms with Gasteiger partial charge in [0.2, 0.25) is 0 Å². The molecule has 4 heterocycles. The predicted octanol–water partition coefficient (Wildman–Crippen LogP) is 9.89. The number of hydrogen-bond donors (Lipinski definition) is 0. The molecule has 0 aliphatic rings. The molecule has 9 aromatic rings. The number of fused-ring (bicyclic) bond motifs is 10. The summed E-state index contributed by atoms with van der Waals surface area (Å²) < 4.78 is 4.59. The third kappa shape index (κ3) is 3.11. The van der Waals surface area contributed by atoms with E-state index in [-0.39, 0.29) is 0 Å². The maximum Gasteiger partial charge on any atom is 0.0933 e. The second-order valence-electron chi connectivity index (χ2n) is 10.3. The molecule has 0 aliphatic heterocycles. The van der Waals surface area contributed by atoms with Crippen LogP contribution in [0.25, 0.3) is 80.7 Å². The Labute approximate surface area is 233 Å². The van der Waals surface area contributed by atoms with Crippen molar-refractivity contribution in [2.75, 3.05) is 0 Å². The minimum absolute atomic E-state index is 1.01. The third-order valence-electron chi connectivity index (χ3n) is 8.00. The number of para-hydroxylation sites is 1. The van der Waals surface area contributed by atoms with E-state index in [1.165, 1.54) is 41.7 Å². The molecule has 0 fully saturated rings. The summed E-state index contributed by atoms with van der Waals surface area (Å²) in [4.78, 5) is 5.30. The Morgan fingerprint density at radius 1 is 0.525 bits per heavy atom. The molecule has 5 aromatic carbocycles. The van der Waals surface area contributed by atoms with Gasteiger partial charge in [-0.1, -0.05) is 91.0 Å². The fourth-order valence-electron chi connectivity index (χ4n) is 6.13. The van der Waals surface area contributed by atoms with E-state index < -0.39 is 0 Å². The predicted molar refractivity (Wildman–Crippen MR) is 169 cm³/mol. The molecule has 0 saturated carbocycles. The summed E-state index contributed by atoms with van der Waals surface area (Å²) >= 11 is 1.86. The van der Waals surface area contributed by atoms with Crippen LogP contribution in [-0.2, 0) is 0 Å². The molecule has 0 radical (unpaired) electrons. The highest BCUT2D eigenvalue weighted by Gasteiger charge is 2.17. The van der Waals surface area contributed by atoms with Crippen molar-refractivity contribution in [3.05, 3.63) is 128 Å². The second kappa shape index (κ2) is 8.22. The van der Waals surface area contributed by atoms with E-state index in [9.17, 15) is 0 Å². The largest absolute Gasteiger partial charge is 0.247 e. The van der Waals surface area contributed by atoms with Gasteiger partial charge < -0.3 is 0 Å². The molecule has 0 amide bonds. The van der Waals surface area contributed by atoms with Gasteiger partial charge in [-0.3, -0.25) is 0 Å². The highest BCUT2D eigenvalue weighted by atomic mass is 32.1. The van der Waals surface area contributed by atoms with E-state index in [4.69, 9.17) is 10.1 Å². The van der Waals surface area contributed by atoms with Crippen molar-refractivity contribution in [2.45, 2.75) is 0 Å². The number of aromatic nitrogens is 3. The first-order valence-electron chi connectivity index (χ1n) is 13.4. The van der Waals surface area contributed by atoms with Crippen LogP contribution in [0.4, 0.5) is 0 Å². The first-order chi connectivity index (χ1) is 19.8. The van der Waals surface area contributed by atoms with Gasteiger partial charge in [0.25, 0.3) is 0 Å². The molecule has 0 atom stereocenters. The summed E-state index contributed by atoms with van der Waals surface area (Å²) in [5.41, 5.74) is 7.55. The Balaban J connectivity index is 1.31. The summed E-state index contributed by atoms with van der Waals surface area (Å²) in [6, 6.07) is 43.2. The SMILES string of the molecule is c1cc(-c2ccc3c4ccccc4nn3c2)cc(-c2nc3ccccc3c3ccc4c5ccccc5sc4c23)c1. The molecule has 0 bridgehead atoms. The zero-order valence-corrected chi connectivity index (χ0v) is 22.2. The highest BCUT2D eigenvalue weighted by molar-refractivity contribution is 7.26. The maximum atomic E-state index is 5.30. The fraction of sp³-hybridized carbons (Fsp3) is 0. The molecule has 40 heavy (non-hydrogen) atoms. The highest BCUT2D eigenvalue weighted by Crippen LogP contribution is 2.43. The number of thiophene rings is 1. The van der Waals surface area contributed by atoms with Crippen LogP contribution < -0.4 is 0 Å². The molecule has 0 N–H and O–H groups in total. The number of benzene rings is 5. The normalized spacial score (nSPS) is 12.0. The summed E-state index contributed by atoms with van der Waals surface area (Å²) in [6.07, 6.45) is 2.13. The number of pyridine rings is 2. The van der Waals surface area contributed by atoms with Crippen molar-refractivity contribution in [2.24, 2.45) is 0 Å². The maximum absolute atomic E-state index is 5.30. The van der Waals surface area contributed by atoms with Gasteiger partial charge in [-0.15, -0.1) is 11.3 Å². The minimum Gasteiger partial charge on any atom is -0.247 e. The van der Waals surface area contributed by atoms with Crippen LogP contribution in [0.5, 0.6) is 0 Å². The van der Waals surface area contributed by atoms with Gasteiger partial charge in [-0.05, 0) is 41.3 Å². The quantitative estimate of drug-likeness (QED) is 0.209. The van der Waals surface area contributed by atoms with E-state index in [2.05, 4.69) is 121 Å². The Bertz CT molecular complexity index is 2450. The number of rotatable bonds is 2. The summed E-state index contributed by atoms with van der Waals surface area (Å²) in [6.45, 7) is 0. The zero-order chi connectivity index (χ0) is 26.2. The zero-order valence-electron chi connectivity index (χ0n) is 21.4. The van der Waals surface area contributed by atoms with Crippen molar-refractivity contribution in [1.29, 1.82) is 0 Å². The van der Waals surface area contributed by atoms with Crippen LogP contribution in [-0.4, -0.2) is 14.6 Å². The summed E-state index contributed by atoms with van der Waals surface area (Å²) in [5.74, 6) is 0. The Morgan fingerprint density at radius 3 is 2.20 bits per heavy atom. The van der Waals surface area contributed by atoms with E-state index in [0.717, 1.165) is 38.9 Å². The molecule has 0 spiro atoms. The van der Waals surface area contributed by atoms with Gasteiger partial charge in [0, 0.05) is 53.7 Å². The molecule has 0 unspecified atom stereocenters. The second-order valence-corrected chi connectivity index (χ2v) is 11.3. The van der Waals surface area contributed by atoms with E-state index in [1.54, 1.807) is 0 Å². The smallest absolute Gasteiger partial charge is 0.0933 e. The van der Waals surface area contributed by atoms with Gasteiger partial charge in [0.05, 0.1) is 22.2 Å². The van der Waals surface area contributed by atoms with Crippen LogP contribution in [0.1, 0.15) is 0 Å². The van der Waals surface area contributed by atoms with Gasteiger partial charge in [0.1, 0.15) is 0 Å². The number of hydrogen-bond acceptors (Lipinski definition) is 3. The van der Waals surface area contributed by atoms with Gasteiger partial charge in [-0.2, -0.15) is 5.10 Å².